The fraction of sp³-hybridized carbons (Fsp3) is 0.889. The molecule has 7 nitrogen and oxygen atoms in total. The lowest BCUT2D eigenvalue weighted by molar-refractivity contribution is -0.244. The lowest BCUT2D eigenvalue weighted by Crippen LogP contribution is -2.62. The second-order valence-corrected chi connectivity index (χ2v) is 3.81. The molecule has 0 radical (unpaired) electrons. The summed E-state index contributed by atoms with van der Waals surface area (Å²) >= 11 is 0. The molecule has 1 fully saturated rings. The molecule has 1 amide bonds. The van der Waals surface area contributed by atoms with Crippen molar-refractivity contribution in [3.63, 3.8) is 0 Å². The molecule has 1 heterocycles. The van der Waals surface area contributed by atoms with Crippen LogP contribution in [0.1, 0.15) is 6.92 Å². The fourth-order valence-electron chi connectivity index (χ4n) is 1.83. The Kier molecular flexibility index (Phi) is 4.63. The first-order valence-electron chi connectivity index (χ1n) is 5.01. The Morgan fingerprint density at radius 1 is 1.31 bits per heavy atom. The molecule has 0 bridgehead atoms. The number of hydrogen-bond donors (Lipinski definition) is 5. The van der Waals surface area contributed by atoms with E-state index in [1.807, 2.05) is 0 Å². The molecule has 16 heavy (non-hydrogen) atoms. The number of aliphatic hydroxyl groups is 4. The Hall–Kier alpha value is -0.730. The van der Waals surface area contributed by atoms with Crippen LogP contribution in [0.15, 0.2) is 0 Å². The van der Waals surface area contributed by atoms with E-state index in [4.69, 9.17) is 14.9 Å². The van der Waals surface area contributed by atoms with Gasteiger partial charge in [0.1, 0.15) is 6.10 Å². The number of carbonyl (C=O) groups is 1. The highest BCUT2D eigenvalue weighted by Crippen LogP contribution is 2.24. The smallest absolute Gasteiger partial charge is 0.217 e. The number of rotatable bonds is 3. The quantitative estimate of drug-likeness (QED) is 0.360. The SMILES string of the molecule is CC(=O)NC1C(O)OC(CO)C(O)C1CO. The summed E-state index contributed by atoms with van der Waals surface area (Å²) in [6.07, 6.45) is -3.46. The van der Waals surface area contributed by atoms with Crippen molar-refractivity contribution in [2.45, 2.75) is 31.5 Å². The molecule has 0 aromatic rings. The lowest BCUT2D eigenvalue weighted by atomic mass is 9.88. The van der Waals surface area contributed by atoms with Crippen molar-refractivity contribution >= 4 is 5.91 Å². The molecule has 0 spiro atoms. The van der Waals surface area contributed by atoms with Crippen molar-refractivity contribution in [3.05, 3.63) is 0 Å². The van der Waals surface area contributed by atoms with Crippen molar-refractivity contribution in [3.8, 4) is 0 Å². The molecule has 1 saturated heterocycles. The van der Waals surface area contributed by atoms with E-state index < -0.39 is 49.6 Å². The number of ether oxygens (including phenoxy) is 1. The van der Waals surface area contributed by atoms with Crippen molar-refractivity contribution < 1.29 is 30.0 Å². The van der Waals surface area contributed by atoms with Crippen molar-refractivity contribution in [1.82, 2.24) is 5.32 Å². The van der Waals surface area contributed by atoms with Gasteiger partial charge in [0, 0.05) is 12.8 Å². The zero-order valence-corrected chi connectivity index (χ0v) is 8.91. The number of aliphatic hydroxyl groups excluding tert-OH is 4. The third kappa shape index (κ3) is 2.69. The van der Waals surface area contributed by atoms with Crippen molar-refractivity contribution in [1.29, 1.82) is 0 Å². The van der Waals surface area contributed by atoms with Crippen LogP contribution in [0.5, 0.6) is 0 Å². The third-order valence-electron chi connectivity index (χ3n) is 2.66. The molecule has 5 unspecified atom stereocenters. The van der Waals surface area contributed by atoms with Crippen molar-refractivity contribution in [2.75, 3.05) is 13.2 Å². The van der Waals surface area contributed by atoms with E-state index >= 15 is 0 Å². The molecule has 1 rings (SSSR count). The zero-order chi connectivity index (χ0) is 12.3. The molecule has 0 aliphatic carbocycles. The summed E-state index contributed by atoms with van der Waals surface area (Å²) in [5.41, 5.74) is 0. The molecule has 0 aromatic carbocycles. The molecule has 0 aromatic heterocycles. The maximum atomic E-state index is 10.9. The van der Waals surface area contributed by atoms with Crippen LogP contribution in [-0.2, 0) is 9.53 Å². The highest BCUT2D eigenvalue weighted by molar-refractivity contribution is 5.73. The van der Waals surface area contributed by atoms with Gasteiger partial charge in [-0.25, -0.2) is 0 Å². The van der Waals surface area contributed by atoms with Gasteiger partial charge in [0.25, 0.3) is 0 Å². The Labute approximate surface area is 92.7 Å². The van der Waals surface area contributed by atoms with Gasteiger partial charge in [-0.15, -0.1) is 0 Å². The standard InChI is InChI=1S/C9H17NO6/c1-4(13)10-7-5(2-11)8(14)6(3-12)16-9(7)15/h5-9,11-12,14-15H,2-3H2,1H3,(H,10,13). The summed E-state index contributed by atoms with van der Waals surface area (Å²) in [5, 5.41) is 39.7. The topological polar surface area (TPSA) is 119 Å². The molecule has 1 aliphatic rings. The maximum Gasteiger partial charge on any atom is 0.217 e. The fourth-order valence-corrected chi connectivity index (χ4v) is 1.83. The molecular weight excluding hydrogens is 218 g/mol. The highest BCUT2D eigenvalue weighted by atomic mass is 16.6. The average Bonchev–Trinajstić information content (AvgIpc) is 2.23. The van der Waals surface area contributed by atoms with E-state index in [0.29, 0.717) is 0 Å². The first-order valence-corrected chi connectivity index (χ1v) is 5.01. The molecule has 0 saturated carbocycles. The molecule has 7 heteroatoms. The highest BCUT2D eigenvalue weighted by Gasteiger charge is 2.44. The van der Waals surface area contributed by atoms with Crippen molar-refractivity contribution in [2.24, 2.45) is 5.92 Å². The lowest BCUT2D eigenvalue weighted by Gasteiger charge is -2.42. The summed E-state index contributed by atoms with van der Waals surface area (Å²) in [5.74, 6) is -1.18. The van der Waals surface area contributed by atoms with E-state index in [0.717, 1.165) is 0 Å². The monoisotopic (exact) mass is 235 g/mol. The molecular formula is C9H17NO6. The summed E-state index contributed by atoms with van der Waals surface area (Å²) in [6.45, 7) is 0.357. The van der Waals surface area contributed by atoms with Gasteiger partial charge in [-0.1, -0.05) is 0 Å². The largest absolute Gasteiger partial charge is 0.396 e. The van der Waals surface area contributed by atoms with E-state index in [1.165, 1.54) is 6.92 Å². The van der Waals surface area contributed by atoms with Gasteiger partial charge >= 0.3 is 0 Å². The minimum absolute atomic E-state index is 0.402. The Morgan fingerprint density at radius 2 is 1.94 bits per heavy atom. The van der Waals surface area contributed by atoms with Crippen LogP contribution in [0.3, 0.4) is 0 Å². The maximum absolute atomic E-state index is 10.9. The predicted octanol–water partition coefficient (Wildman–Crippen LogP) is -2.83. The van der Waals surface area contributed by atoms with E-state index in [2.05, 4.69) is 5.32 Å². The molecule has 5 N–H and O–H groups in total. The first kappa shape index (κ1) is 13.3. The number of carbonyl (C=O) groups excluding carboxylic acids is 1. The number of nitrogens with one attached hydrogen (secondary N) is 1. The summed E-state index contributed by atoms with van der Waals surface area (Å²) in [6, 6.07) is -0.889. The first-order chi connectivity index (χ1) is 7.51. The number of hydrogen-bond acceptors (Lipinski definition) is 6. The van der Waals surface area contributed by atoms with Crippen LogP contribution in [0, 0.1) is 5.92 Å². The minimum atomic E-state index is -1.36. The Morgan fingerprint density at radius 3 is 2.38 bits per heavy atom. The van der Waals surface area contributed by atoms with Crippen LogP contribution in [0.4, 0.5) is 0 Å². The normalized spacial score (nSPS) is 39.4. The van der Waals surface area contributed by atoms with E-state index in [1.54, 1.807) is 0 Å². The van der Waals surface area contributed by atoms with Gasteiger partial charge in [0.05, 0.1) is 25.4 Å². The van der Waals surface area contributed by atoms with E-state index in [9.17, 15) is 15.0 Å². The molecule has 5 atom stereocenters. The third-order valence-corrected chi connectivity index (χ3v) is 2.66. The van der Waals surface area contributed by atoms with Gasteiger partial charge in [0.2, 0.25) is 5.91 Å². The minimum Gasteiger partial charge on any atom is -0.396 e. The Balaban J connectivity index is 2.78. The predicted molar refractivity (Wildman–Crippen MR) is 52.2 cm³/mol. The summed E-state index contributed by atoms with van der Waals surface area (Å²) in [4.78, 5) is 10.9. The van der Waals surface area contributed by atoms with Crippen LogP contribution in [0.2, 0.25) is 0 Å². The van der Waals surface area contributed by atoms with Gasteiger partial charge in [-0.2, -0.15) is 0 Å². The van der Waals surface area contributed by atoms with Crippen LogP contribution < -0.4 is 5.32 Å². The summed E-state index contributed by atoms with van der Waals surface area (Å²) < 4.78 is 4.92. The van der Waals surface area contributed by atoms with Crippen LogP contribution in [0.25, 0.3) is 0 Å². The average molecular weight is 235 g/mol. The van der Waals surface area contributed by atoms with Gasteiger partial charge in [-0.3, -0.25) is 4.79 Å². The molecule has 1 aliphatic heterocycles. The Bertz CT molecular complexity index is 248. The summed E-state index contributed by atoms with van der Waals surface area (Å²) in [7, 11) is 0. The zero-order valence-electron chi connectivity index (χ0n) is 8.91. The second-order valence-electron chi connectivity index (χ2n) is 3.81. The van der Waals surface area contributed by atoms with Gasteiger partial charge < -0.3 is 30.5 Å². The molecule has 94 valence electrons. The number of amides is 1. The van der Waals surface area contributed by atoms with Gasteiger partial charge in [0.15, 0.2) is 6.29 Å². The van der Waals surface area contributed by atoms with E-state index in [-0.39, 0.29) is 0 Å². The second kappa shape index (κ2) is 5.55. The van der Waals surface area contributed by atoms with Crippen LogP contribution in [-0.4, -0.2) is 64.1 Å². The van der Waals surface area contributed by atoms with Crippen LogP contribution >= 0.6 is 0 Å². The van der Waals surface area contributed by atoms with Gasteiger partial charge in [-0.05, 0) is 0 Å².